The SMILES string of the molecule is CN(C)C(CNC(=O)Cn1nnc2ccccc21)c1cccs1. The zero-order chi connectivity index (χ0) is 16.2. The first-order chi connectivity index (χ1) is 11.1. The number of carbonyl (C=O) groups excluding carboxylic acids is 1. The van der Waals surface area contributed by atoms with Crippen molar-refractivity contribution >= 4 is 28.3 Å². The van der Waals surface area contributed by atoms with Gasteiger partial charge in [0.25, 0.3) is 0 Å². The Hall–Kier alpha value is -2.25. The fraction of sp³-hybridized carbons (Fsp3) is 0.312. The van der Waals surface area contributed by atoms with E-state index in [4.69, 9.17) is 0 Å². The van der Waals surface area contributed by atoms with E-state index in [0.29, 0.717) is 6.54 Å². The van der Waals surface area contributed by atoms with Crippen LogP contribution in [0.2, 0.25) is 0 Å². The normalized spacial score (nSPS) is 12.7. The molecule has 3 rings (SSSR count). The molecule has 7 heteroatoms. The number of rotatable bonds is 6. The molecule has 23 heavy (non-hydrogen) atoms. The highest BCUT2D eigenvalue weighted by Gasteiger charge is 2.16. The summed E-state index contributed by atoms with van der Waals surface area (Å²) in [6.45, 7) is 0.740. The monoisotopic (exact) mass is 329 g/mol. The molecule has 1 amide bonds. The summed E-state index contributed by atoms with van der Waals surface area (Å²) in [4.78, 5) is 15.6. The minimum absolute atomic E-state index is 0.0657. The predicted molar refractivity (Wildman–Crippen MR) is 91.3 cm³/mol. The smallest absolute Gasteiger partial charge is 0.241 e. The Bertz CT molecular complexity index is 781. The minimum Gasteiger partial charge on any atom is -0.353 e. The molecule has 0 spiro atoms. The van der Waals surface area contributed by atoms with Gasteiger partial charge < -0.3 is 10.2 Å². The molecule has 3 aromatic rings. The standard InChI is InChI=1S/C16H19N5OS/c1-20(2)14(15-8-5-9-23-15)10-17-16(22)11-21-13-7-4-3-6-12(13)18-19-21/h3-9,14H,10-11H2,1-2H3,(H,17,22). The van der Waals surface area contributed by atoms with Crippen molar-refractivity contribution in [1.29, 1.82) is 0 Å². The second kappa shape index (κ2) is 6.89. The van der Waals surface area contributed by atoms with Gasteiger partial charge in [0.1, 0.15) is 12.1 Å². The summed E-state index contributed by atoms with van der Waals surface area (Å²) < 4.78 is 1.63. The van der Waals surface area contributed by atoms with Gasteiger partial charge >= 0.3 is 0 Å². The van der Waals surface area contributed by atoms with Crippen molar-refractivity contribution in [3.05, 3.63) is 46.7 Å². The Morgan fingerprint density at radius 2 is 2.13 bits per heavy atom. The van der Waals surface area contributed by atoms with Gasteiger partial charge in [-0.2, -0.15) is 0 Å². The van der Waals surface area contributed by atoms with Crippen molar-refractivity contribution in [2.45, 2.75) is 12.6 Å². The first-order valence-corrected chi connectivity index (χ1v) is 8.28. The third-order valence-corrected chi connectivity index (χ3v) is 4.67. The molecule has 2 heterocycles. The van der Waals surface area contributed by atoms with Crippen molar-refractivity contribution in [1.82, 2.24) is 25.2 Å². The molecule has 0 fully saturated rings. The van der Waals surface area contributed by atoms with Crippen molar-refractivity contribution in [3.8, 4) is 0 Å². The van der Waals surface area contributed by atoms with Crippen LogP contribution >= 0.6 is 11.3 Å². The molecule has 1 aromatic carbocycles. The maximum absolute atomic E-state index is 12.2. The summed E-state index contributed by atoms with van der Waals surface area (Å²) >= 11 is 1.70. The van der Waals surface area contributed by atoms with Crippen molar-refractivity contribution < 1.29 is 4.79 Å². The lowest BCUT2D eigenvalue weighted by molar-refractivity contribution is -0.122. The van der Waals surface area contributed by atoms with Crippen molar-refractivity contribution in [2.75, 3.05) is 20.6 Å². The van der Waals surface area contributed by atoms with Gasteiger partial charge in [0.15, 0.2) is 0 Å². The highest BCUT2D eigenvalue weighted by Crippen LogP contribution is 2.22. The number of benzene rings is 1. The maximum atomic E-state index is 12.2. The Labute approximate surface area is 138 Å². The summed E-state index contributed by atoms with van der Waals surface area (Å²) in [6.07, 6.45) is 0. The lowest BCUT2D eigenvalue weighted by atomic mass is 10.2. The van der Waals surface area contributed by atoms with E-state index in [9.17, 15) is 4.79 Å². The van der Waals surface area contributed by atoms with Crippen LogP contribution in [0.25, 0.3) is 11.0 Å². The number of amides is 1. The summed E-state index contributed by atoms with van der Waals surface area (Å²) in [5.41, 5.74) is 1.66. The van der Waals surface area contributed by atoms with Gasteiger partial charge in [-0.05, 0) is 37.7 Å². The second-order valence-corrected chi connectivity index (χ2v) is 6.51. The van der Waals surface area contributed by atoms with Crippen LogP contribution in [0.15, 0.2) is 41.8 Å². The summed E-state index contributed by atoms with van der Waals surface area (Å²) in [5, 5.41) is 13.2. The largest absolute Gasteiger partial charge is 0.353 e. The van der Waals surface area contributed by atoms with Gasteiger partial charge in [-0.15, -0.1) is 16.4 Å². The number of hydrogen-bond donors (Lipinski definition) is 1. The molecule has 2 aromatic heterocycles. The number of nitrogens with zero attached hydrogens (tertiary/aromatic N) is 4. The molecule has 1 N–H and O–H groups in total. The van der Waals surface area contributed by atoms with Gasteiger partial charge in [0, 0.05) is 11.4 Å². The molecular weight excluding hydrogens is 310 g/mol. The van der Waals surface area contributed by atoms with E-state index in [0.717, 1.165) is 11.0 Å². The summed E-state index contributed by atoms with van der Waals surface area (Å²) in [6, 6.07) is 11.9. The van der Waals surface area contributed by atoms with E-state index in [1.165, 1.54) is 4.88 Å². The predicted octanol–water partition coefficient (Wildman–Crippen LogP) is 1.91. The van der Waals surface area contributed by atoms with E-state index in [1.807, 2.05) is 44.4 Å². The summed E-state index contributed by atoms with van der Waals surface area (Å²) in [5.74, 6) is -0.0657. The van der Waals surface area contributed by atoms with E-state index in [1.54, 1.807) is 16.0 Å². The Morgan fingerprint density at radius 1 is 1.30 bits per heavy atom. The van der Waals surface area contributed by atoms with Gasteiger partial charge in [-0.3, -0.25) is 4.79 Å². The highest BCUT2D eigenvalue weighted by atomic mass is 32.1. The van der Waals surface area contributed by atoms with E-state index < -0.39 is 0 Å². The molecule has 0 aliphatic carbocycles. The van der Waals surface area contributed by atoms with E-state index >= 15 is 0 Å². The van der Waals surface area contributed by atoms with Crippen LogP contribution in [-0.4, -0.2) is 46.4 Å². The molecule has 1 atom stereocenters. The molecule has 0 radical (unpaired) electrons. The third kappa shape index (κ3) is 3.57. The fourth-order valence-corrected chi connectivity index (χ4v) is 3.38. The minimum atomic E-state index is -0.0657. The molecule has 0 bridgehead atoms. The molecule has 1 unspecified atom stereocenters. The molecule has 6 nitrogen and oxygen atoms in total. The van der Waals surface area contributed by atoms with Gasteiger partial charge in [0.2, 0.25) is 5.91 Å². The topological polar surface area (TPSA) is 63.1 Å². The van der Waals surface area contributed by atoms with Crippen LogP contribution in [0.1, 0.15) is 10.9 Å². The van der Waals surface area contributed by atoms with Crippen LogP contribution in [0, 0.1) is 0 Å². The van der Waals surface area contributed by atoms with Crippen LogP contribution in [0.4, 0.5) is 0 Å². The highest BCUT2D eigenvalue weighted by molar-refractivity contribution is 7.10. The average Bonchev–Trinajstić information content (AvgIpc) is 3.18. The fourth-order valence-electron chi connectivity index (χ4n) is 2.46. The summed E-state index contributed by atoms with van der Waals surface area (Å²) in [7, 11) is 4.03. The van der Waals surface area contributed by atoms with Gasteiger partial charge in [-0.1, -0.05) is 23.4 Å². The van der Waals surface area contributed by atoms with Gasteiger partial charge in [0.05, 0.1) is 11.6 Å². The van der Waals surface area contributed by atoms with E-state index in [2.05, 4.69) is 32.0 Å². The molecule has 120 valence electrons. The zero-order valence-corrected chi connectivity index (χ0v) is 14.0. The zero-order valence-electron chi connectivity index (χ0n) is 13.1. The molecule has 0 aliphatic rings. The molecular formula is C16H19N5OS. The maximum Gasteiger partial charge on any atom is 0.241 e. The van der Waals surface area contributed by atoms with E-state index in [-0.39, 0.29) is 18.5 Å². The number of fused-ring (bicyclic) bond motifs is 1. The number of para-hydroxylation sites is 1. The lowest BCUT2D eigenvalue weighted by Crippen LogP contribution is -2.36. The average molecular weight is 329 g/mol. The van der Waals surface area contributed by atoms with Crippen molar-refractivity contribution in [2.24, 2.45) is 0 Å². The second-order valence-electron chi connectivity index (χ2n) is 5.53. The Morgan fingerprint density at radius 3 is 2.87 bits per heavy atom. The first kappa shape index (κ1) is 15.6. The molecule has 0 saturated carbocycles. The van der Waals surface area contributed by atoms with Crippen LogP contribution < -0.4 is 5.32 Å². The number of hydrogen-bond acceptors (Lipinski definition) is 5. The first-order valence-electron chi connectivity index (χ1n) is 7.40. The van der Waals surface area contributed by atoms with Gasteiger partial charge in [-0.25, -0.2) is 4.68 Å². The van der Waals surface area contributed by atoms with Crippen LogP contribution in [-0.2, 0) is 11.3 Å². The van der Waals surface area contributed by atoms with Crippen LogP contribution in [0.3, 0.4) is 0 Å². The number of aromatic nitrogens is 3. The van der Waals surface area contributed by atoms with Crippen molar-refractivity contribution in [3.63, 3.8) is 0 Å². The number of carbonyl (C=O) groups is 1. The number of nitrogens with one attached hydrogen (secondary N) is 1. The van der Waals surface area contributed by atoms with Crippen LogP contribution in [0.5, 0.6) is 0 Å². The Kier molecular flexibility index (Phi) is 4.68. The Balaban J connectivity index is 1.63. The third-order valence-electron chi connectivity index (χ3n) is 3.70. The number of likely N-dealkylation sites (N-methyl/N-ethyl adjacent to an activating group) is 1. The molecule has 0 saturated heterocycles. The lowest BCUT2D eigenvalue weighted by Gasteiger charge is -2.23. The number of thiophene rings is 1. The quantitative estimate of drug-likeness (QED) is 0.750. The molecule has 0 aliphatic heterocycles.